The lowest BCUT2D eigenvalue weighted by Crippen LogP contribution is -2.44. The normalized spacial score (nSPS) is 16.1. The fourth-order valence-electron chi connectivity index (χ4n) is 2.35. The maximum Gasteiger partial charge on any atom is 0.330 e. The van der Waals surface area contributed by atoms with Gasteiger partial charge in [0.15, 0.2) is 8.32 Å². The number of allylic oxidation sites excluding steroid dienone is 5. The second-order valence-electron chi connectivity index (χ2n) is 9.34. The van der Waals surface area contributed by atoms with Crippen molar-refractivity contribution in [3.05, 3.63) is 48.1 Å². The van der Waals surface area contributed by atoms with Crippen LogP contribution in [0.3, 0.4) is 0 Å². The second-order valence-corrected chi connectivity index (χ2v) is 14.1. The first-order valence-electron chi connectivity index (χ1n) is 10.9. The second kappa shape index (κ2) is 13.8. The Kier molecular flexibility index (Phi) is 13.1. The summed E-state index contributed by atoms with van der Waals surface area (Å²) < 4.78 is 11.3. The molecule has 29 heavy (non-hydrogen) atoms. The van der Waals surface area contributed by atoms with Gasteiger partial charge in [-0.3, -0.25) is 0 Å². The summed E-state index contributed by atoms with van der Waals surface area (Å²) in [6, 6.07) is 0. The van der Waals surface area contributed by atoms with Crippen LogP contribution in [0.5, 0.6) is 0 Å². The minimum Gasteiger partial charge on any atom is -0.466 e. The highest BCUT2D eigenvalue weighted by atomic mass is 28.4. The Bertz CT molecular complexity index is 592. The number of hydrogen-bond donors (Lipinski definition) is 0. The number of rotatable bonds is 12. The van der Waals surface area contributed by atoms with Crippen LogP contribution in [-0.4, -0.2) is 27.5 Å². The van der Waals surface area contributed by atoms with Crippen LogP contribution in [0.15, 0.2) is 48.1 Å². The Balaban J connectivity index is 5.17. The van der Waals surface area contributed by atoms with Crippen LogP contribution in [-0.2, 0) is 14.0 Å². The van der Waals surface area contributed by atoms with Gasteiger partial charge in [0.2, 0.25) is 0 Å². The molecule has 0 spiro atoms. The van der Waals surface area contributed by atoms with Crippen molar-refractivity contribution < 1.29 is 14.0 Å². The quantitative estimate of drug-likeness (QED) is 0.143. The van der Waals surface area contributed by atoms with Gasteiger partial charge in [0.25, 0.3) is 0 Å². The smallest absolute Gasteiger partial charge is 0.330 e. The molecule has 0 aliphatic heterocycles. The SMILES string of the molecule is CC[C@H](C)CC/C=C/C=C(\C)C(C/C=C/C=C/C(=O)OC)O[Si](C)(C)C(C)(C)C. The Morgan fingerprint density at radius 2 is 1.76 bits per heavy atom. The maximum atomic E-state index is 11.2. The molecule has 0 aliphatic rings. The zero-order chi connectivity index (χ0) is 22.5. The largest absolute Gasteiger partial charge is 0.466 e. The maximum absolute atomic E-state index is 11.2. The fraction of sp³-hybridized carbons (Fsp3) is 0.640. The van der Waals surface area contributed by atoms with Gasteiger partial charge in [0.05, 0.1) is 13.2 Å². The van der Waals surface area contributed by atoms with E-state index < -0.39 is 8.32 Å². The molecule has 4 heteroatoms. The van der Waals surface area contributed by atoms with E-state index >= 15 is 0 Å². The minimum atomic E-state index is -1.89. The van der Waals surface area contributed by atoms with Crippen molar-refractivity contribution >= 4 is 14.3 Å². The van der Waals surface area contributed by atoms with E-state index in [0.29, 0.717) is 0 Å². The summed E-state index contributed by atoms with van der Waals surface area (Å²) in [6.07, 6.45) is 18.1. The summed E-state index contributed by atoms with van der Waals surface area (Å²) in [7, 11) is -0.509. The van der Waals surface area contributed by atoms with Crippen LogP contribution in [0.25, 0.3) is 0 Å². The highest BCUT2D eigenvalue weighted by molar-refractivity contribution is 6.74. The average Bonchev–Trinajstić information content (AvgIpc) is 2.64. The Morgan fingerprint density at radius 3 is 2.31 bits per heavy atom. The molecule has 0 fully saturated rings. The third-order valence-corrected chi connectivity index (χ3v) is 10.3. The van der Waals surface area contributed by atoms with Gasteiger partial charge in [-0.25, -0.2) is 4.79 Å². The predicted octanol–water partition coefficient (Wildman–Crippen LogP) is 7.38. The zero-order valence-corrected chi connectivity index (χ0v) is 21.2. The molecule has 0 bridgehead atoms. The van der Waals surface area contributed by atoms with E-state index in [-0.39, 0.29) is 17.1 Å². The molecule has 0 N–H and O–H groups in total. The van der Waals surface area contributed by atoms with Gasteiger partial charge in [-0.15, -0.1) is 0 Å². The highest BCUT2D eigenvalue weighted by Gasteiger charge is 2.39. The van der Waals surface area contributed by atoms with Crippen LogP contribution in [0.2, 0.25) is 18.1 Å². The van der Waals surface area contributed by atoms with Crippen molar-refractivity contribution in [2.45, 2.75) is 91.5 Å². The van der Waals surface area contributed by atoms with Crippen molar-refractivity contribution in [3.63, 3.8) is 0 Å². The van der Waals surface area contributed by atoms with Gasteiger partial charge in [-0.1, -0.05) is 77.5 Å². The monoisotopic (exact) mass is 420 g/mol. The summed E-state index contributed by atoms with van der Waals surface area (Å²) in [5, 5.41) is 0.159. The van der Waals surface area contributed by atoms with E-state index in [1.54, 1.807) is 6.08 Å². The molecule has 3 nitrogen and oxygen atoms in total. The summed E-state index contributed by atoms with van der Waals surface area (Å²) in [6.45, 7) is 18.1. The van der Waals surface area contributed by atoms with E-state index in [4.69, 9.17) is 4.43 Å². The number of carbonyl (C=O) groups is 1. The number of carbonyl (C=O) groups excluding carboxylic acids is 1. The third kappa shape index (κ3) is 12.0. The number of ether oxygens (including phenoxy) is 1. The summed E-state index contributed by atoms with van der Waals surface area (Å²) in [4.78, 5) is 11.2. The summed E-state index contributed by atoms with van der Waals surface area (Å²) >= 11 is 0. The highest BCUT2D eigenvalue weighted by Crippen LogP contribution is 2.38. The van der Waals surface area contributed by atoms with Crippen LogP contribution in [0, 0.1) is 5.92 Å². The molecule has 2 atom stereocenters. The lowest BCUT2D eigenvalue weighted by Gasteiger charge is -2.39. The van der Waals surface area contributed by atoms with Crippen LogP contribution >= 0.6 is 0 Å². The van der Waals surface area contributed by atoms with Gasteiger partial charge >= 0.3 is 5.97 Å². The van der Waals surface area contributed by atoms with Gasteiger partial charge in [0, 0.05) is 6.08 Å². The van der Waals surface area contributed by atoms with Crippen molar-refractivity contribution in [2.75, 3.05) is 7.11 Å². The Labute approximate surface area is 181 Å². The molecular weight excluding hydrogens is 376 g/mol. The lowest BCUT2D eigenvalue weighted by molar-refractivity contribution is -0.134. The average molecular weight is 421 g/mol. The molecular formula is C25H44O3Si. The van der Waals surface area contributed by atoms with E-state index in [9.17, 15) is 4.79 Å². The standard InChI is InChI=1S/C25H44O3Si/c1-10-21(2)17-13-11-14-18-22(3)23(28-29(8,9)25(4,5)6)19-15-12-16-20-24(26)27-7/h11-12,14-16,18,20-21,23H,10,13,17,19H2,1-9H3/b14-11+,15-12+,20-16+,22-18+/t21-,23?/m0/s1. The molecule has 0 aliphatic carbocycles. The molecule has 0 saturated carbocycles. The van der Waals surface area contributed by atoms with Gasteiger partial charge < -0.3 is 9.16 Å². The van der Waals surface area contributed by atoms with Gasteiger partial charge in [-0.05, 0) is 55.8 Å². The number of methoxy groups -OCH3 is 1. The molecule has 0 aromatic heterocycles. The summed E-state index contributed by atoms with van der Waals surface area (Å²) in [5.41, 5.74) is 1.23. The first kappa shape index (κ1) is 27.6. The lowest BCUT2D eigenvalue weighted by atomic mass is 10.0. The molecule has 0 radical (unpaired) electrons. The number of esters is 1. The first-order valence-corrected chi connectivity index (χ1v) is 13.8. The molecule has 1 unspecified atom stereocenters. The third-order valence-electron chi connectivity index (χ3n) is 5.80. The van der Waals surface area contributed by atoms with Crippen LogP contribution in [0.4, 0.5) is 0 Å². The molecule has 0 aromatic rings. The molecule has 0 rings (SSSR count). The van der Waals surface area contributed by atoms with Gasteiger partial charge in [0.1, 0.15) is 0 Å². The van der Waals surface area contributed by atoms with Crippen LogP contribution in [0.1, 0.15) is 67.2 Å². The fourth-order valence-corrected chi connectivity index (χ4v) is 3.70. The van der Waals surface area contributed by atoms with Crippen molar-refractivity contribution in [3.8, 4) is 0 Å². The molecule has 0 amide bonds. The molecule has 0 saturated heterocycles. The first-order chi connectivity index (χ1) is 13.4. The predicted molar refractivity (Wildman–Crippen MR) is 129 cm³/mol. The van der Waals surface area contributed by atoms with Gasteiger partial charge in [-0.2, -0.15) is 0 Å². The molecule has 166 valence electrons. The van der Waals surface area contributed by atoms with E-state index in [0.717, 1.165) is 18.8 Å². The molecule has 0 aromatic carbocycles. The van der Waals surface area contributed by atoms with E-state index in [1.807, 2.05) is 6.08 Å². The Hall–Kier alpha value is -1.39. The molecule has 0 heterocycles. The number of hydrogen-bond acceptors (Lipinski definition) is 3. The minimum absolute atomic E-state index is 0.0397. The van der Waals surface area contributed by atoms with E-state index in [1.165, 1.54) is 31.6 Å². The van der Waals surface area contributed by atoms with Crippen molar-refractivity contribution in [2.24, 2.45) is 5.92 Å². The summed E-state index contributed by atoms with van der Waals surface area (Å²) in [5.74, 6) is 0.435. The van der Waals surface area contributed by atoms with Crippen molar-refractivity contribution in [1.29, 1.82) is 0 Å². The van der Waals surface area contributed by atoms with E-state index in [2.05, 4.69) is 83.7 Å². The van der Waals surface area contributed by atoms with Crippen LogP contribution < -0.4 is 0 Å². The van der Waals surface area contributed by atoms with Crippen molar-refractivity contribution in [1.82, 2.24) is 0 Å². The zero-order valence-electron chi connectivity index (χ0n) is 20.2. The topological polar surface area (TPSA) is 35.5 Å². The Morgan fingerprint density at radius 1 is 1.10 bits per heavy atom.